The third kappa shape index (κ3) is 3.45. The summed E-state index contributed by atoms with van der Waals surface area (Å²) in [4.78, 5) is 39.2. The number of aromatic hydroxyl groups is 2. The van der Waals surface area contributed by atoms with Crippen LogP contribution in [-0.2, 0) is 21.5 Å². The van der Waals surface area contributed by atoms with E-state index >= 15 is 0 Å². The van der Waals surface area contributed by atoms with Gasteiger partial charge >= 0.3 is 0 Å². The van der Waals surface area contributed by atoms with E-state index in [1.54, 1.807) is 13.0 Å². The van der Waals surface area contributed by atoms with Crippen molar-refractivity contribution in [2.24, 2.45) is 0 Å². The Morgan fingerprint density at radius 3 is 2.59 bits per heavy atom. The topological polar surface area (TPSA) is 118 Å². The van der Waals surface area contributed by atoms with Crippen LogP contribution in [0, 0.1) is 12.7 Å². The number of nitrogens with zero attached hydrogens (tertiary/aromatic N) is 1. The number of phenolic OH excluding ortho intramolecular Hbond substituents is 2. The molecule has 190 valence electrons. The largest absolute Gasteiger partial charge is 0.507 e. The molecule has 0 saturated heterocycles. The van der Waals surface area contributed by atoms with Gasteiger partial charge in [0.1, 0.15) is 39.8 Å². The third-order valence-electron chi connectivity index (χ3n) is 7.24. The van der Waals surface area contributed by atoms with E-state index in [2.05, 4.69) is 5.32 Å². The van der Waals surface area contributed by atoms with Gasteiger partial charge in [0, 0.05) is 36.6 Å². The first-order chi connectivity index (χ1) is 17.5. The summed E-state index contributed by atoms with van der Waals surface area (Å²) in [5, 5.41) is 25.4. The summed E-state index contributed by atoms with van der Waals surface area (Å²) in [7, 11) is 0. The lowest BCUT2D eigenvalue weighted by atomic mass is 9.70. The van der Waals surface area contributed by atoms with E-state index in [9.17, 15) is 29.0 Å². The molecular formula is C28H25FN2O6. The molecule has 0 fully saturated rings. The number of rotatable bonds is 5. The number of Topliss-reactive ketones (excluding diaryl/α,β-unsaturated/α-hetero) is 2. The number of carbonyl (C=O) groups excluding carboxylic acids is 3. The third-order valence-corrected chi connectivity index (χ3v) is 7.24. The van der Waals surface area contributed by atoms with Gasteiger partial charge in [-0.25, -0.2) is 4.39 Å². The van der Waals surface area contributed by atoms with E-state index in [1.165, 1.54) is 39.0 Å². The van der Waals surface area contributed by atoms with Gasteiger partial charge in [-0.15, -0.1) is 0 Å². The van der Waals surface area contributed by atoms with Gasteiger partial charge < -0.3 is 24.8 Å². The Labute approximate surface area is 211 Å². The number of benzene rings is 2. The van der Waals surface area contributed by atoms with Crippen LogP contribution >= 0.6 is 0 Å². The van der Waals surface area contributed by atoms with Crippen molar-refractivity contribution in [2.75, 3.05) is 6.54 Å². The average Bonchev–Trinajstić information content (AvgIpc) is 3.36. The Morgan fingerprint density at radius 2 is 1.89 bits per heavy atom. The maximum Gasteiger partial charge on any atom is 0.194 e. The molecule has 37 heavy (non-hydrogen) atoms. The van der Waals surface area contributed by atoms with Gasteiger partial charge in [-0.1, -0.05) is 0 Å². The zero-order valence-electron chi connectivity index (χ0n) is 20.7. The van der Waals surface area contributed by atoms with Gasteiger partial charge in [0.15, 0.2) is 17.3 Å². The first-order valence-corrected chi connectivity index (χ1v) is 11.7. The summed E-state index contributed by atoms with van der Waals surface area (Å²) >= 11 is 0. The average molecular weight is 505 g/mol. The number of aromatic nitrogens is 1. The highest BCUT2D eigenvalue weighted by Gasteiger charge is 2.56. The number of hydrogen-bond donors (Lipinski definition) is 3. The van der Waals surface area contributed by atoms with E-state index in [0.29, 0.717) is 18.8 Å². The van der Waals surface area contributed by atoms with Crippen LogP contribution in [0.2, 0.25) is 0 Å². The molecular weight excluding hydrogens is 479 g/mol. The lowest BCUT2D eigenvalue weighted by Gasteiger charge is -2.29. The van der Waals surface area contributed by atoms with Crippen LogP contribution in [0.1, 0.15) is 42.3 Å². The molecule has 2 aromatic carbocycles. The molecule has 8 nitrogen and oxygen atoms in total. The zero-order valence-corrected chi connectivity index (χ0v) is 20.7. The fourth-order valence-electron chi connectivity index (χ4n) is 5.17. The molecule has 5 rings (SSSR count). The highest BCUT2D eigenvalue weighted by atomic mass is 19.1. The van der Waals surface area contributed by atoms with Crippen molar-refractivity contribution in [1.29, 1.82) is 0 Å². The molecule has 1 aromatic heterocycles. The van der Waals surface area contributed by atoms with Gasteiger partial charge in [-0.3, -0.25) is 14.4 Å². The summed E-state index contributed by atoms with van der Waals surface area (Å²) in [6, 6.07) is 6.41. The highest BCUT2D eigenvalue weighted by molar-refractivity contribution is 6.31. The minimum atomic E-state index is -1.57. The van der Waals surface area contributed by atoms with Gasteiger partial charge in [-0.05, 0) is 57.3 Å². The van der Waals surface area contributed by atoms with Crippen LogP contribution in [0.3, 0.4) is 0 Å². The van der Waals surface area contributed by atoms with Gasteiger partial charge in [0.25, 0.3) is 0 Å². The zero-order chi connectivity index (χ0) is 26.8. The first kappa shape index (κ1) is 24.3. The molecule has 9 heteroatoms. The van der Waals surface area contributed by atoms with Crippen molar-refractivity contribution >= 4 is 28.3 Å². The van der Waals surface area contributed by atoms with E-state index < -0.39 is 28.5 Å². The lowest BCUT2D eigenvalue weighted by Crippen LogP contribution is -2.41. The van der Waals surface area contributed by atoms with Gasteiger partial charge in [0.2, 0.25) is 0 Å². The molecule has 2 aliphatic rings. The van der Waals surface area contributed by atoms with Gasteiger partial charge in [0.05, 0.1) is 16.7 Å². The monoisotopic (exact) mass is 504 g/mol. The number of phenols is 2. The number of hydrogen-bond acceptors (Lipinski definition) is 7. The van der Waals surface area contributed by atoms with Crippen molar-refractivity contribution < 1.29 is 33.7 Å². The summed E-state index contributed by atoms with van der Waals surface area (Å²) < 4.78 is 21.3. The Balaban J connectivity index is 1.50. The SMILES string of the molecule is CC(=O)c1c(O)c(C)c(O)c2c1OC1=CC(=O)/C(=C(/C)NCCn3ccc4ccc(F)cc43)C(=O)[C@@]12C. The van der Waals surface area contributed by atoms with Crippen LogP contribution in [0.15, 0.2) is 53.6 Å². The molecule has 0 saturated carbocycles. The second-order valence-electron chi connectivity index (χ2n) is 9.53. The maximum atomic E-state index is 13.8. The van der Waals surface area contributed by atoms with Crippen molar-refractivity contribution in [1.82, 2.24) is 9.88 Å². The molecule has 3 aromatic rings. The molecule has 1 aliphatic heterocycles. The van der Waals surface area contributed by atoms with E-state index in [-0.39, 0.29) is 45.3 Å². The van der Waals surface area contributed by atoms with Crippen molar-refractivity contribution in [3.8, 4) is 17.2 Å². The Bertz CT molecular complexity index is 1610. The number of allylic oxidation sites excluding steroid dienone is 4. The maximum absolute atomic E-state index is 13.8. The normalized spacial score (nSPS) is 19.9. The first-order valence-electron chi connectivity index (χ1n) is 11.7. The molecule has 0 bridgehead atoms. The molecule has 3 N–H and O–H groups in total. The molecule has 0 unspecified atom stereocenters. The quantitative estimate of drug-likeness (QED) is 0.274. The number of halogens is 1. The minimum absolute atomic E-state index is 0.0160. The Hall–Kier alpha value is -4.40. The van der Waals surface area contributed by atoms with Crippen LogP contribution in [0.4, 0.5) is 4.39 Å². The number of ketones is 3. The van der Waals surface area contributed by atoms with Crippen LogP contribution in [-0.4, -0.2) is 38.7 Å². The molecule has 0 spiro atoms. The second kappa shape index (κ2) is 8.33. The van der Waals surface area contributed by atoms with Crippen molar-refractivity contribution in [3.05, 3.63) is 76.1 Å². The summed E-state index contributed by atoms with van der Waals surface area (Å²) in [5.41, 5.74) is -0.670. The standard InChI is InChI=1S/C28H25FN2O6/c1-13-24(34)22(15(3)32)26-23(25(13)35)28(4)20(37-26)12-19(33)21(27(28)36)14(2)30-8-10-31-9-7-16-5-6-17(29)11-18(16)31/h5-7,9,11-12,30,34-35H,8,10H2,1-4H3/b21-14+/t28-/m0/s1. The highest BCUT2D eigenvalue weighted by Crippen LogP contribution is 2.57. The predicted octanol–water partition coefficient (Wildman–Crippen LogP) is 3.95. The molecule has 2 heterocycles. The fourth-order valence-corrected chi connectivity index (χ4v) is 5.17. The summed E-state index contributed by atoms with van der Waals surface area (Å²) in [6.45, 7) is 6.60. The van der Waals surface area contributed by atoms with Crippen LogP contribution in [0.25, 0.3) is 10.9 Å². The second-order valence-corrected chi connectivity index (χ2v) is 9.53. The molecule has 0 radical (unpaired) electrons. The van der Waals surface area contributed by atoms with Crippen LogP contribution in [0.5, 0.6) is 17.2 Å². The Morgan fingerprint density at radius 1 is 1.16 bits per heavy atom. The minimum Gasteiger partial charge on any atom is -0.507 e. The summed E-state index contributed by atoms with van der Waals surface area (Å²) in [6.07, 6.45) is 3.01. The van der Waals surface area contributed by atoms with E-state index in [1.807, 2.05) is 16.8 Å². The van der Waals surface area contributed by atoms with E-state index in [0.717, 1.165) is 10.9 Å². The lowest BCUT2D eigenvalue weighted by molar-refractivity contribution is -0.123. The smallest absolute Gasteiger partial charge is 0.194 e. The molecule has 1 aliphatic carbocycles. The van der Waals surface area contributed by atoms with Crippen molar-refractivity contribution in [2.45, 2.75) is 39.7 Å². The van der Waals surface area contributed by atoms with Crippen molar-refractivity contribution in [3.63, 3.8) is 0 Å². The van der Waals surface area contributed by atoms with Crippen LogP contribution < -0.4 is 10.1 Å². The predicted molar refractivity (Wildman–Crippen MR) is 133 cm³/mol. The van der Waals surface area contributed by atoms with Gasteiger partial charge in [-0.2, -0.15) is 0 Å². The molecule has 1 atom stereocenters. The summed E-state index contributed by atoms with van der Waals surface area (Å²) in [5.74, 6) is -2.97. The molecule has 0 amide bonds. The van der Waals surface area contributed by atoms with E-state index in [4.69, 9.17) is 4.74 Å². The number of fused-ring (bicyclic) bond motifs is 4. The Kier molecular flexibility index (Phi) is 5.47. The number of carbonyl (C=O) groups is 3. The number of nitrogens with one attached hydrogen (secondary N) is 1. The number of ether oxygens (including phenoxy) is 1. The fraction of sp³-hybridized carbons (Fsp3) is 0.250.